The summed E-state index contributed by atoms with van der Waals surface area (Å²) in [6.45, 7) is 4.23. The Morgan fingerprint density at radius 3 is 2.86 bits per heavy atom. The Morgan fingerprint density at radius 1 is 1.14 bits per heavy atom. The van der Waals surface area contributed by atoms with Crippen molar-refractivity contribution < 1.29 is 0 Å². The Labute approximate surface area is 161 Å². The Kier molecular flexibility index (Phi) is 3.89. The molecule has 0 unspecified atom stereocenters. The lowest BCUT2D eigenvalue weighted by molar-refractivity contribution is 0.334. The highest BCUT2D eigenvalue weighted by Crippen LogP contribution is 2.27. The second-order valence-corrected chi connectivity index (χ2v) is 7.12. The average molecular weight is 373 g/mol. The second-order valence-electron chi connectivity index (χ2n) is 7.12. The molecule has 5 rings (SSSR count). The minimum atomic E-state index is -0.0854. The monoisotopic (exact) mass is 373 g/mol. The van der Waals surface area contributed by atoms with Crippen LogP contribution in [0.15, 0.2) is 59.9 Å². The number of hydrogen-bond donors (Lipinski definition) is 0. The summed E-state index contributed by atoms with van der Waals surface area (Å²) in [7, 11) is 0. The molecular weight excluding hydrogens is 354 g/mol. The van der Waals surface area contributed by atoms with E-state index in [1.54, 1.807) is 35.4 Å². The summed E-state index contributed by atoms with van der Waals surface area (Å²) in [4.78, 5) is 23.1. The van der Waals surface area contributed by atoms with E-state index in [9.17, 15) is 4.79 Å². The zero-order valence-corrected chi connectivity index (χ0v) is 15.4. The van der Waals surface area contributed by atoms with Gasteiger partial charge in [-0.25, -0.2) is 14.2 Å². The molecule has 0 radical (unpaired) electrons. The number of hydrogen-bond acceptors (Lipinski definition) is 6. The summed E-state index contributed by atoms with van der Waals surface area (Å²) in [5.74, 6) is 1.28. The largest absolute Gasteiger partial charge is 0.354 e. The third-order valence-corrected chi connectivity index (χ3v) is 5.00. The van der Waals surface area contributed by atoms with Gasteiger partial charge in [0, 0.05) is 55.4 Å². The highest BCUT2D eigenvalue weighted by Gasteiger charge is 2.30. The zero-order valence-electron chi connectivity index (χ0n) is 15.4. The summed E-state index contributed by atoms with van der Waals surface area (Å²) in [5, 5.41) is 8.97. The number of fused-ring (bicyclic) bond motifs is 1. The zero-order chi connectivity index (χ0) is 19.1. The van der Waals surface area contributed by atoms with Crippen LogP contribution in [-0.4, -0.2) is 42.5 Å². The molecule has 0 aromatic carbocycles. The minimum absolute atomic E-state index is 0.0854. The van der Waals surface area contributed by atoms with Crippen LogP contribution in [0.25, 0.3) is 16.8 Å². The van der Waals surface area contributed by atoms with Crippen LogP contribution >= 0.6 is 0 Å². The van der Waals surface area contributed by atoms with Crippen molar-refractivity contribution in [2.75, 3.05) is 18.0 Å². The Balaban J connectivity index is 1.33. The lowest BCUT2D eigenvalue weighted by Gasteiger charge is -2.40. The van der Waals surface area contributed by atoms with Crippen LogP contribution in [0.2, 0.25) is 0 Å². The molecule has 1 saturated heterocycles. The fourth-order valence-electron chi connectivity index (χ4n) is 3.62. The van der Waals surface area contributed by atoms with Gasteiger partial charge >= 0.3 is 0 Å². The topological polar surface area (TPSA) is 81.2 Å². The van der Waals surface area contributed by atoms with E-state index < -0.39 is 0 Å². The van der Waals surface area contributed by atoms with Crippen LogP contribution in [-0.2, 0) is 6.54 Å². The molecule has 1 aliphatic rings. The van der Waals surface area contributed by atoms with Crippen LogP contribution < -0.4 is 10.5 Å². The molecule has 4 aromatic heterocycles. The molecule has 0 saturated carbocycles. The van der Waals surface area contributed by atoms with Gasteiger partial charge in [0.1, 0.15) is 5.52 Å². The van der Waals surface area contributed by atoms with Crippen molar-refractivity contribution in [1.82, 2.24) is 29.4 Å². The second kappa shape index (κ2) is 6.56. The summed E-state index contributed by atoms with van der Waals surface area (Å²) < 4.78 is 3.41. The number of anilines is 1. The molecule has 8 nitrogen and oxygen atoms in total. The van der Waals surface area contributed by atoms with E-state index in [0.29, 0.717) is 12.5 Å². The summed E-state index contributed by atoms with van der Waals surface area (Å²) in [6.07, 6.45) is 7.10. The molecule has 1 fully saturated rings. The van der Waals surface area contributed by atoms with Gasteiger partial charge in [0.15, 0.2) is 5.82 Å². The highest BCUT2D eigenvalue weighted by molar-refractivity contribution is 5.70. The van der Waals surface area contributed by atoms with Crippen molar-refractivity contribution in [3.05, 3.63) is 71.2 Å². The van der Waals surface area contributed by atoms with Crippen molar-refractivity contribution in [3.63, 3.8) is 0 Å². The first-order valence-electron chi connectivity index (χ1n) is 9.22. The van der Waals surface area contributed by atoms with Crippen LogP contribution in [0.3, 0.4) is 0 Å². The molecule has 28 heavy (non-hydrogen) atoms. The maximum Gasteiger partial charge on any atom is 0.266 e. The van der Waals surface area contributed by atoms with E-state index in [2.05, 4.69) is 25.1 Å². The maximum atomic E-state index is 12.3. The predicted molar refractivity (Wildman–Crippen MR) is 105 cm³/mol. The Hall–Kier alpha value is -3.55. The number of rotatable bonds is 4. The van der Waals surface area contributed by atoms with E-state index in [4.69, 9.17) is 0 Å². The van der Waals surface area contributed by atoms with Gasteiger partial charge < -0.3 is 4.90 Å². The van der Waals surface area contributed by atoms with Gasteiger partial charge in [-0.2, -0.15) is 10.2 Å². The normalized spacial score (nSPS) is 14.4. The lowest BCUT2D eigenvalue weighted by atomic mass is 10.00. The van der Waals surface area contributed by atoms with Crippen molar-refractivity contribution in [2.24, 2.45) is 5.92 Å². The van der Waals surface area contributed by atoms with E-state index >= 15 is 0 Å². The van der Waals surface area contributed by atoms with Crippen LogP contribution in [0.1, 0.15) is 5.69 Å². The number of aromatic nitrogens is 6. The fraction of sp³-hybridized carbons (Fsp3) is 0.250. The molecule has 0 spiro atoms. The van der Waals surface area contributed by atoms with Crippen molar-refractivity contribution in [2.45, 2.75) is 13.5 Å². The summed E-state index contributed by atoms with van der Waals surface area (Å²) >= 11 is 0. The number of aryl methyl sites for hydroxylation is 1. The molecule has 0 amide bonds. The predicted octanol–water partition coefficient (Wildman–Crippen LogP) is 1.79. The van der Waals surface area contributed by atoms with Crippen LogP contribution in [0.5, 0.6) is 0 Å². The quantitative estimate of drug-likeness (QED) is 0.543. The lowest BCUT2D eigenvalue weighted by Crippen LogP contribution is -2.50. The number of nitrogens with zero attached hydrogens (tertiary/aromatic N) is 7. The Bertz CT molecular complexity index is 1190. The van der Waals surface area contributed by atoms with Crippen molar-refractivity contribution >= 4 is 11.3 Å². The first-order chi connectivity index (χ1) is 13.7. The van der Waals surface area contributed by atoms with Gasteiger partial charge in [-0.05, 0) is 31.2 Å². The molecular formula is C20H19N7O. The van der Waals surface area contributed by atoms with Gasteiger partial charge in [0.25, 0.3) is 5.56 Å². The standard InChI is InChI=1S/C20H19N7O/c1-14-9-18-20(22-7-8-26(18)23-14)25-11-15(12-25)13-27-19(28)5-4-17(24-27)16-3-2-6-21-10-16/h2-10,15H,11-13H2,1H3. The minimum Gasteiger partial charge on any atom is -0.354 e. The van der Waals surface area contributed by atoms with Gasteiger partial charge in [0.2, 0.25) is 0 Å². The third kappa shape index (κ3) is 2.92. The van der Waals surface area contributed by atoms with Gasteiger partial charge in [-0.3, -0.25) is 9.78 Å². The molecule has 1 aliphatic heterocycles. The van der Waals surface area contributed by atoms with Gasteiger partial charge in [-0.1, -0.05) is 0 Å². The first kappa shape index (κ1) is 16.6. The fourth-order valence-corrected chi connectivity index (χ4v) is 3.62. The number of pyridine rings is 1. The molecule has 4 aromatic rings. The molecule has 0 atom stereocenters. The van der Waals surface area contributed by atoms with Crippen LogP contribution in [0, 0.1) is 12.8 Å². The van der Waals surface area contributed by atoms with E-state index in [1.165, 1.54) is 0 Å². The summed E-state index contributed by atoms with van der Waals surface area (Å²) in [6, 6.07) is 9.16. The van der Waals surface area contributed by atoms with E-state index in [1.807, 2.05) is 35.8 Å². The van der Waals surface area contributed by atoms with Gasteiger partial charge in [-0.15, -0.1) is 0 Å². The molecule has 0 bridgehead atoms. The van der Waals surface area contributed by atoms with E-state index in [-0.39, 0.29) is 5.56 Å². The Morgan fingerprint density at radius 2 is 2.04 bits per heavy atom. The molecule has 140 valence electrons. The molecule has 0 N–H and O–H groups in total. The highest BCUT2D eigenvalue weighted by atomic mass is 16.1. The van der Waals surface area contributed by atoms with Crippen molar-refractivity contribution in [3.8, 4) is 11.3 Å². The third-order valence-electron chi connectivity index (χ3n) is 5.00. The SMILES string of the molecule is Cc1cc2c(N3CC(Cn4nc(-c5cccnc5)ccc4=O)C3)nccn2n1. The van der Waals surface area contributed by atoms with Crippen molar-refractivity contribution in [1.29, 1.82) is 0 Å². The van der Waals surface area contributed by atoms with Gasteiger partial charge in [0.05, 0.1) is 17.9 Å². The maximum absolute atomic E-state index is 12.3. The first-order valence-corrected chi connectivity index (χ1v) is 9.22. The van der Waals surface area contributed by atoms with Crippen LogP contribution in [0.4, 0.5) is 5.82 Å². The van der Waals surface area contributed by atoms with E-state index in [0.717, 1.165) is 41.4 Å². The molecule has 0 aliphatic carbocycles. The summed E-state index contributed by atoms with van der Waals surface area (Å²) in [5.41, 5.74) is 3.54. The smallest absolute Gasteiger partial charge is 0.266 e. The average Bonchev–Trinajstić information content (AvgIpc) is 3.07. The molecule has 5 heterocycles. The molecule has 8 heteroatoms.